The van der Waals surface area contributed by atoms with Crippen LogP contribution in [0.15, 0.2) is 18.3 Å². The summed E-state index contributed by atoms with van der Waals surface area (Å²) in [7, 11) is 1.92. The van der Waals surface area contributed by atoms with Gasteiger partial charge in [-0.15, -0.1) is 0 Å². The summed E-state index contributed by atoms with van der Waals surface area (Å²) < 4.78 is 1.90. The summed E-state index contributed by atoms with van der Waals surface area (Å²) in [5, 5.41) is 0. The number of rotatable bonds is 4. The van der Waals surface area contributed by atoms with Crippen molar-refractivity contribution in [1.29, 1.82) is 0 Å². The van der Waals surface area contributed by atoms with E-state index in [0.717, 1.165) is 24.7 Å². The van der Waals surface area contributed by atoms with Gasteiger partial charge in [-0.2, -0.15) is 0 Å². The quantitative estimate of drug-likeness (QED) is 0.725. The van der Waals surface area contributed by atoms with Crippen LogP contribution in [0.2, 0.25) is 0 Å². The summed E-state index contributed by atoms with van der Waals surface area (Å²) in [4.78, 5) is 14.3. The molecule has 1 aliphatic rings. The zero-order valence-electron chi connectivity index (χ0n) is 10.1. The van der Waals surface area contributed by atoms with E-state index in [-0.39, 0.29) is 5.78 Å². The Morgan fingerprint density at radius 2 is 2.38 bits per heavy atom. The number of Topliss-reactive ketones (excluding diaryl/α,β-unsaturated/α-hetero) is 1. The van der Waals surface area contributed by atoms with Gasteiger partial charge in [-0.25, -0.2) is 0 Å². The van der Waals surface area contributed by atoms with Crippen LogP contribution in [0.4, 0.5) is 0 Å². The molecular weight excluding hydrogens is 200 g/mol. The molecule has 16 heavy (non-hydrogen) atoms. The number of carbonyl (C=O) groups excluding carboxylic acids is 1. The van der Waals surface area contributed by atoms with Gasteiger partial charge in [0.1, 0.15) is 0 Å². The van der Waals surface area contributed by atoms with Gasteiger partial charge in [0.25, 0.3) is 0 Å². The molecule has 1 saturated heterocycles. The van der Waals surface area contributed by atoms with Gasteiger partial charge in [-0.05, 0) is 31.0 Å². The molecule has 3 heteroatoms. The molecule has 0 spiro atoms. The van der Waals surface area contributed by atoms with Gasteiger partial charge in [-0.3, -0.25) is 9.69 Å². The van der Waals surface area contributed by atoms with Crippen LogP contribution in [-0.4, -0.2) is 34.9 Å². The first-order valence-corrected chi connectivity index (χ1v) is 6.07. The molecule has 1 unspecified atom stereocenters. The van der Waals surface area contributed by atoms with E-state index in [0.29, 0.717) is 6.54 Å². The van der Waals surface area contributed by atoms with Crippen LogP contribution in [0.1, 0.15) is 30.3 Å². The number of hydrogen-bond donors (Lipinski definition) is 0. The predicted molar refractivity (Wildman–Crippen MR) is 64.6 cm³/mol. The molecule has 0 bridgehead atoms. The van der Waals surface area contributed by atoms with Crippen molar-refractivity contribution in [1.82, 2.24) is 9.47 Å². The van der Waals surface area contributed by atoms with Crippen molar-refractivity contribution >= 4 is 5.78 Å². The average Bonchev–Trinajstić information content (AvgIpc) is 2.86. The van der Waals surface area contributed by atoms with Crippen LogP contribution < -0.4 is 0 Å². The monoisotopic (exact) mass is 220 g/mol. The first kappa shape index (κ1) is 11.4. The summed E-state index contributed by atoms with van der Waals surface area (Å²) in [6.07, 6.45) is 4.40. The summed E-state index contributed by atoms with van der Waals surface area (Å²) in [6, 6.07) is 3.82. The molecule has 1 fully saturated rings. The molecule has 2 heterocycles. The first-order valence-electron chi connectivity index (χ1n) is 6.07. The smallest absolute Gasteiger partial charge is 0.193 e. The maximum Gasteiger partial charge on any atom is 0.193 e. The molecule has 1 aromatic heterocycles. The fourth-order valence-corrected chi connectivity index (χ4v) is 2.42. The molecule has 1 aromatic rings. The highest BCUT2D eigenvalue weighted by molar-refractivity contribution is 5.96. The standard InChI is InChI=1S/C13H20N2O/c1-3-11-6-8-15(9-11)10-13(16)12-5-4-7-14(12)2/h4-5,7,11H,3,6,8-10H2,1-2H3. The van der Waals surface area contributed by atoms with E-state index in [1.165, 1.54) is 12.8 Å². The summed E-state index contributed by atoms with van der Waals surface area (Å²) >= 11 is 0. The highest BCUT2D eigenvalue weighted by atomic mass is 16.1. The molecule has 3 nitrogen and oxygen atoms in total. The van der Waals surface area contributed by atoms with Gasteiger partial charge in [0.2, 0.25) is 0 Å². The zero-order chi connectivity index (χ0) is 11.5. The SMILES string of the molecule is CCC1CCN(CC(=O)c2cccn2C)C1. The topological polar surface area (TPSA) is 25.2 Å². The normalized spacial score (nSPS) is 21.5. The lowest BCUT2D eigenvalue weighted by atomic mass is 10.1. The lowest BCUT2D eigenvalue weighted by molar-refractivity contribution is 0.0935. The summed E-state index contributed by atoms with van der Waals surface area (Å²) in [5.74, 6) is 1.03. The Hall–Kier alpha value is -1.09. The second kappa shape index (κ2) is 4.83. The lowest BCUT2D eigenvalue weighted by Gasteiger charge is -2.14. The molecule has 0 N–H and O–H groups in total. The minimum atomic E-state index is 0.240. The van der Waals surface area contributed by atoms with E-state index >= 15 is 0 Å². The minimum absolute atomic E-state index is 0.240. The van der Waals surface area contributed by atoms with Gasteiger partial charge >= 0.3 is 0 Å². The maximum absolute atomic E-state index is 12.0. The number of nitrogens with zero attached hydrogens (tertiary/aromatic N) is 2. The highest BCUT2D eigenvalue weighted by Crippen LogP contribution is 2.19. The second-order valence-electron chi connectivity index (χ2n) is 4.73. The van der Waals surface area contributed by atoms with Crippen molar-refractivity contribution in [2.75, 3.05) is 19.6 Å². The lowest BCUT2D eigenvalue weighted by Crippen LogP contribution is -2.28. The number of aromatic nitrogens is 1. The van der Waals surface area contributed by atoms with Crippen LogP contribution in [0, 0.1) is 5.92 Å². The molecule has 0 aromatic carbocycles. The Kier molecular flexibility index (Phi) is 3.44. The van der Waals surface area contributed by atoms with Crippen molar-refractivity contribution in [2.45, 2.75) is 19.8 Å². The maximum atomic E-state index is 12.0. The highest BCUT2D eigenvalue weighted by Gasteiger charge is 2.23. The van der Waals surface area contributed by atoms with Crippen LogP contribution in [0.5, 0.6) is 0 Å². The van der Waals surface area contributed by atoms with Gasteiger partial charge < -0.3 is 4.57 Å². The van der Waals surface area contributed by atoms with E-state index in [1.54, 1.807) is 0 Å². The van der Waals surface area contributed by atoms with Gasteiger partial charge in [0.05, 0.1) is 12.2 Å². The Morgan fingerprint density at radius 1 is 1.56 bits per heavy atom. The second-order valence-corrected chi connectivity index (χ2v) is 4.73. The van der Waals surface area contributed by atoms with Crippen LogP contribution >= 0.6 is 0 Å². The number of ketones is 1. The van der Waals surface area contributed by atoms with Crippen molar-refractivity contribution in [2.24, 2.45) is 13.0 Å². The first-order chi connectivity index (χ1) is 7.70. The Morgan fingerprint density at radius 3 is 2.94 bits per heavy atom. The third-order valence-corrected chi connectivity index (χ3v) is 3.54. The number of aryl methyl sites for hydroxylation is 1. The van der Waals surface area contributed by atoms with Crippen molar-refractivity contribution in [3.63, 3.8) is 0 Å². The molecule has 0 amide bonds. The van der Waals surface area contributed by atoms with Crippen molar-refractivity contribution in [3.05, 3.63) is 24.0 Å². The van der Waals surface area contributed by atoms with Gasteiger partial charge in [-0.1, -0.05) is 13.3 Å². The molecule has 0 radical (unpaired) electrons. The largest absolute Gasteiger partial charge is 0.348 e. The van der Waals surface area contributed by atoms with Crippen LogP contribution in [-0.2, 0) is 7.05 Å². The third kappa shape index (κ3) is 2.35. The molecule has 2 rings (SSSR count). The van der Waals surface area contributed by atoms with Crippen molar-refractivity contribution < 1.29 is 4.79 Å². The molecule has 0 saturated carbocycles. The van der Waals surface area contributed by atoms with E-state index in [1.807, 2.05) is 29.9 Å². The molecule has 88 valence electrons. The van der Waals surface area contributed by atoms with E-state index in [9.17, 15) is 4.79 Å². The fourth-order valence-electron chi connectivity index (χ4n) is 2.42. The number of likely N-dealkylation sites (tertiary alicyclic amines) is 1. The number of carbonyl (C=O) groups is 1. The van der Waals surface area contributed by atoms with Crippen molar-refractivity contribution in [3.8, 4) is 0 Å². The number of hydrogen-bond acceptors (Lipinski definition) is 2. The third-order valence-electron chi connectivity index (χ3n) is 3.54. The Bertz CT molecular complexity index is 370. The summed E-state index contributed by atoms with van der Waals surface area (Å²) in [5.41, 5.74) is 0.819. The van der Waals surface area contributed by atoms with Gasteiger partial charge in [0, 0.05) is 19.8 Å². The molecule has 0 aliphatic carbocycles. The Labute approximate surface area is 97.1 Å². The minimum Gasteiger partial charge on any atom is -0.348 e. The summed E-state index contributed by atoms with van der Waals surface area (Å²) in [6.45, 7) is 4.98. The average molecular weight is 220 g/mol. The zero-order valence-corrected chi connectivity index (χ0v) is 10.1. The van der Waals surface area contributed by atoms with E-state index in [2.05, 4.69) is 11.8 Å². The molecule has 1 aliphatic heterocycles. The molecule has 1 atom stereocenters. The van der Waals surface area contributed by atoms with E-state index in [4.69, 9.17) is 0 Å². The Balaban J connectivity index is 1.91. The van der Waals surface area contributed by atoms with Crippen LogP contribution in [0.25, 0.3) is 0 Å². The van der Waals surface area contributed by atoms with Gasteiger partial charge in [0.15, 0.2) is 5.78 Å². The predicted octanol–water partition coefficient (Wildman–Crippen LogP) is 1.94. The fraction of sp³-hybridized carbons (Fsp3) is 0.615. The molecular formula is C13H20N2O. The van der Waals surface area contributed by atoms with Crippen LogP contribution in [0.3, 0.4) is 0 Å². The van der Waals surface area contributed by atoms with E-state index < -0.39 is 0 Å².